The second-order valence-corrected chi connectivity index (χ2v) is 3.10. The molecule has 0 aromatic heterocycles. The third-order valence-electron chi connectivity index (χ3n) is 1.93. The Hall–Kier alpha value is -1.71. The zero-order chi connectivity index (χ0) is 10.9. The van der Waals surface area contributed by atoms with Crippen molar-refractivity contribution in [1.82, 2.24) is 0 Å². The van der Waals surface area contributed by atoms with Gasteiger partial charge in [0, 0.05) is 6.42 Å². The molecule has 0 radical (unpaired) electrons. The molecule has 0 saturated heterocycles. The monoisotopic (exact) mass is 207 g/mol. The minimum atomic E-state index is 0.392. The number of carbonyl (C=O) groups is 1. The molecule has 0 unspecified atom stereocenters. The van der Waals surface area contributed by atoms with Crippen LogP contribution in [0.3, 0.4) is 0 Å². The highest BCUT2D eigenvalue weighted by Crippen LogP contribution is 2.17. The molecule has 0 fully saturated rings. The van der Waals surface area contributed by atoms with Gasteiger partial charge in [-0.1, -0.05) is 0 Å². The van der Waals surface area contributed by atoms with E-state index in [0.29, 0.717) is 24.5 Å². The number of aldehydes is 1. The van der Waals surface area contributed by atoms with Crippen molar-refractivity contribution >= 4 is 12.0 Å². The van der Waals surface area contributed by atoms with Gasteiger partial charge in [0.1, 0.15) is 17.7 Å². The zero-order valence-corrected chi connectivity index (χ0v) is 8.39. The molecular formula is C11H13NO3. The third-order valence-corrected chi connectivity index (χ3v) is 1.93. The molecule has 1 aromatic rings. The topological polar surface area (TPSA) is 55.7 Å². The summed E-state index contributed by atoms with van der Waals surface area (Å²) < 4.78 is 5.39. The standard InChI is InChI=1S/C11H13NO3/c13-8-2-1-3-9-15-11-6-4-10(12-14)5-7-11/h4-8H,1-3,9H2. The van der Waals surface area contributed by atoms with Gasteiger partial charge >= 0.3 is 0 Å². The lowest BCUT2D eigenvalue weighted by molar-refractivity contribution is -0.107. The molecular weight excluding hydrogens is 194 g/mol. The van der Waals surface area contributed by atoms with E-state index in [-0.39, 0.29) is 0 Å². The third kappa shape index (κ3) is 4.35. The van der Waals surface area contributed by atoms with Crippen LogP contribution in [0.2, 0.25) is 0 Å². The van der Waals surface area contributed by atoms with Crippen LogP contribution >= 0.6 is 0 Å². The molecule has 0 aliphatic rings. The van der Waals surface area contributed by atoms with Gasteiger partial charge in [-0.15, -0.1) is 4.91 Å². The van der Waals surface area contributed by atoms with Gasteiger partial charge in [0.25, 0.3) is 0 Å². The number of unbranched alkanes of at least 4 members (excludes halogenated alkanes) is 2. The van der Waals surface area contributed by atoms with Crippen LogP contribution in [0.15, 0.2) is 29.4 Å². The van der Waals surface area contributed by atoms with Crippen LogP contribution in [0.25, 0.3) is 0 Å². The van der Waals surface area contributed by atoms with E-state index in [1.165, 1.54) is 0 Å². The minimum absolute atomic E-state index is 0.392. The van der Waals surface area contributed by atoms with Crippen molar-refractivity contribution in [3.63, 3.8) is 0 Å². The summed E-state index contributed by atoms with van der Waals surface area (Å²) in [4.78, 5) is 20.2. The lowest BCUT2D eigenvalue weighted by atomic mass is 10.2. The van der Waals surface area contributed by atoms with Gasteiger partial charge in [-0.25, -0.2) is 0 Å². The molecule has 15 heavy (non-hydrogen) atoms. The van der Waals surface area contributed by atoms with E-state index in [1.54, 1.807) is 24.3 Å². The Balaban J connectivity index is 2.25. The Bertz CT molecular complexity index is 308. The molecule has 4 heteroatoms. The summed E-state index contributed by atoms with van der Waals surface area (Å²) in [5, 5.41) is 2.79. The lowest BCUT2D eigenvalue weighted by Crippen LogP contribution is -1.96. The molecule has 0 bridgehead atoms. The molecule has 1 aromatic carbocycles. The summed E-state index contributed by atoms with van der Waals surface area (Å²) in [6.07, 6.45) is 3.19. The summed E-state index contributed by atoms with van der Waals surface area (Å²) >= 11 is 0. The number of rotatable bonds is 7. The van der Waals surface area contributed by atoms with Crippen molar-refractivity contribution < 1.29 is 9.53 Å². The highest BCUT2D eigenvalue weighted by atomic mass is 16.5. The molecule has 0 atom stereocenters. The molecule has 0 aliphatic heterocycles. The predicted molar refractivity (Wildman–Crippen MR) is 57.3 cm³/mol. The molecule has 0 aliphatic carbocycles. The molecule has 1 rings (SSSR count). The Morgan fingerprint density at radius 2 is 1.93 bits per heavy atom. The average molecular weight is 207 g/mol. The normalized spacial score (nSPS) is 9.60. The zero-order valence-electron chi connectivity index (χ0n) is 8.39. The van der Waals surface area contributed by atoms with Crippen molar-refractivity contribution in [2.75, 3.05) is 6.61 Å². The largest absolute Gasteiger partial charge is 0.494 e. The summed E-state index contributed by atoms with van der Waals surface area (Å²) in [5.41, 5.74) is 0.392. The van der Waals surface area contributed by atoms with Crippen LogP contribution in [0.4, 0.5) is 5.69 Å². The van der Waals surface area contributed by atoms with Gasteiger partial charge in [0.05, 0.1) is 6.61 Å². The van der Waals surface area contributed by atoms with Crippen molar-refractivity contribution in [3.05, 3.63) is 29.2 Å². The Kier molecular flexibility index (Phi) is 5.08. The van der Waals surface area contributed by atoms with Gasteiger partial charge in [0.2, 0.25) is 0 Å². The Morgan fingerprint density at radius 3 is 2.53 bits per heavy atom. The van der Waals surface area contributed by atoms with Crippen LogP contribution in [0, 0.1) is 4.91 Å². The fourth-order valence-corrected chi connectivity index (χ4v) is 1.12. The number of hydrogen-bond acceptors (Lipinski definition) is 4. The number of benzene rings is 1. The van der Waals surface area contributed by atoms with Crippen molar-refractivity contribution in [2.45, 2.75) is 19.3 Å². The highest BCUT2D eigenvalue weighted by Gasteiger charge is 1.95. The second kappa shape index (κ2) is 6.70. The molecule has 4 nitrogen and oxygen atoms in total. The minimum Gasteiger partial charge on any atom is -0.494 e. The first kappa shape index (κ1) is 11.4. The number of carbonyl (C=O) groups excluding carboxylic acids is 1. The van der Waals surface area contributed by atoms with Gasteiger partial charge in [-0.05, 0) is 42.3 Å². The first-order valence-electron chi connectivity index (χ1n) is 4.86. The van der Waals surface area contributed by atoms with E-state index in [4.69, 9.17) is 4.74 Å². The van der Waals surface area contributed by atoms with Gasteiger partial charge in [-0.2, -0.15) is 0 Å². The fourth-order valence-electron chi connectivity index (χ4n) is 1.12. The summed E-state index contributed by atoms with van der Waals surface area (Å²) in [6.45, 7) is 0.585. The van der Waals surface area contributed by atoms with E-state index in [0.717, 1.165) is 19.1 Å². The summed E-state index contributed by atoms with van der Waals surface area (Å²) in [6, 6.07) is 6.62. The maximum Gasteiger partial charge on any atom is 0.119 e. The Labute approximate surface area is 88.2 Å². The lowest BCUT2D eigenvalue weighted by Gasteiger charge is -2.04. The number of nitroso groups, excluding NO2 is 1. The SMILES string of the molecule is O=CCCCCOc1ccc(N=O)cc1. The van der Waals surface area contributed by atoms with E-state index in [1.807, 2.05) is 0 Å². The smallest absolute Gasteiger partial charge is 0.119 e. The average Bonchev–Trinajstić information content (AvgIpc) is 2.30. The van der Waals surface area contributed by atoms with Crippen LogP contribution < -0.4 is 4.74 Å². The number of nitrogens with zero attached hydrogens (tertiary/aromatic N) is 1. The van der Waals surface area contributed by atoms with Gasteiger partial charge in [-0.3, -0.25) is 0 Å². The van der Waals surface area contributed by atoms with Crippen molar-refractivity contribution in [1.29, 1.82) is 0 Å². The molecule has 0 heterocycles. The molecule has 0 N–H and O–H groups in total. The van der Waals surface area contributed by atoms with E-state index in [9.17, 15) is 9.70 Å². The quantitative estimate of drug-likeness (QED) is 0.392. The van der Waals surface area contributed by atoms with Crippen LogP contribution in [0.5, 0.6) is 5.75 Å². The van der Waals surface area contributed by atoms with E-state index < -0.39 is 0 Å². The Morgan fingerprint density at radius 1 is 1.20 bits per heavy atom. The first-order valence-corrected chi connectivity index (χ1v) is 4.86. The van der Waals surface area contributed by atoms with Gasteiger partial charge in [0.15, 0.2) is 0 Å². The number of ether oxygens (including phenoxy) is 1. The van der Waals surface area contributed by atoms with Gasteiger partial charge < -0.3 is 9.53 Å². The second-order valence-electron chi connectivity index (χ2n) is 3.10. The van der Waals surface area contributed by atoms with E-state index >= 15 is 0 Å². The molecule has 0 spiro atoms. The maximum atomic E-state index is 10.1. The molecule has 0 amide bonds. The van der Waals surface area contributed by atoms with Crippen LogP contribution in [0.1, 0.15) is 19.3 Å². The summed E-state index contributed by atoms with van der Waals surface area (Å²) in [5.74, 6) is 0.716. The predicted octanol–water partition coefficient (Wildman–Crippen LogP) is 2.83. The fraction of sp³-hybridized carbons (Fsp3) is 0.364. The highest BCUT2D eigenvalue weighted by molar-refractivity contribution is 5.48. The van der Waals surface area contributed by atoms with E-state index in [2.05, 4.69) is 5.18 Å². The number of hydrogen-bond donors (Lipinski definition) is 0. The molecule has 80 valence electrons. The summed E-state index contributed by atoms with van der Waals surface area (Å²) in [7, 11) is 0. The van der Waals surface area contributed by atoms with Crippen LogP contribution in [-0.4, -0.2) is 12.9 Å². The molecule has 0 saturated carbocycles. The maximum absolute atomic E-state index is 10.1. The van der Waals surface area contributed by atoms with Crippen LogP contribution in [-0.2, 0) is 4.79 Å². The van der Waals surface area contributed by atoms with Crippen molar-refractivity contribution in [3.8, 4) is 5.75 Å². The van der Waals surface area contributed by atoms with Crippen molar-refractivity contribution in [2.24, 2.45) is 5.18 Å². The first-order chi connectivity index (χ1) is 7.36.